The van der Waals surface area contributed by atoms with Crippen molar-refractivity contribution in [1.82, 2.24) is 4.90 Å². The number of carbonyl (C=O) groups excluding carboxylic acids is 1. The molecule has 0 radical (unpaired) electrons. The molecule has 1 heterocycles. The first-order valence-corrected chi connectivity index (χ1v) is 11.4. The van der Waals surface area contributed by atoms with Crippen molar-refractivity contribution in [3.05, 3.63) is 29.8 Å². The highest BCUT2D eigenvalue weighted by Gasteiger charge is 2.15. The fourth-order valence-corrected chi connectivity index (χ4v) is 3.87. The summed E-state index contributed by atoms with van der Waals surface area (Å²) in [4.78, 5) is 14.4. The van der Waals surface area contributed by atoms with Gasteiger partial charge in [0, 0.05) is 13.0 Å². The summed E-state index contributed by atoms with van der Waals surface area (Å²) < 4.78 is 11.2. The van der Waals surface area contributed by atoms with Gasteiger partial charge in [-0.1, -0.05) is 32.4 Å². The quantitative estimate of drug-likeness (QED) is 0.352. The Morgan fingerprint density at radius 2 is 1.73 bits per heavy atom. The lowest BCUT2D eigenvalue weighted by atomic mass is 9.94. The number of nitrogens with two attached hydrogens (primary N) is 1. The van der Waals surface area contributed by atoms with E-state index in [9.17, 15) is 4.79 Å². The zero-order valence-electron chi connectivity index (χ0n) is 18.8. The smallest absolute Gasteiger partial charge is 0.306 e. The minimum absolute atomic E-state index is 0. The molecule has 0 bridgehead atoms. The first-order chi connectivity index (χ1) is 14.1. The van der Waals surface area contributed by atoms with Gasteiger partial charge in [-0.3, -0.25) is 9.69 Å². The summed E-state index contributed by atoms with van der Waals surface area (Å²) in [5.74, 6) is 1.55. The number of piperidine rings is 1. The van der Waals surface area contributed by atoms with Crippen LogP contribution in [0.5, 0.6) is 5.75 Å². The molecule has 0 aromatic heterocycles. The molecule has 1 fully saturated rings. The number of nitrogens with zero attached hydrogens (tertiary/aromatic N) is 1. The highest BCUT2D eigenvalue weighted by Crippen LogP contribution is 2.17. The van der Waals surface area contributed by atoms with Crippen LogP contribution in [0.2, 0.25) is 0 Å². The maximum atomic E-state index is 11.9. The predicted molar refractivity (Wildman–Crippen MR) is 125 cm³/mol. The molecule has 0 amide bonds. The maximum absolute atomic E-state index is 11.9. The average Bonchev–Trinajstić information content (AvgIpc) is 2.71. The largest absolute Gasteiger partial charge is 0.494 e. The van der Waals surface area contributed by atoms with Crippen LogP contribution in [0.1, 0.15) is 64.4 Å². The molecular formula is C24H41ClN2O3. The number of hydrogen-bond donors (Lipinski definition) is 1. The monoisotopic (exact) mass is 440 g/mol. The van der Waals surface area contributed by atoms with Crippen LogP contribution in [0.4, 0.5) is 0 Å². The van der Waals surface area contributed by atoms with Gasteiger partial charge in [-0.25, -0.2) is 0 Å². The molecule has 0 spiro atoms. The van der Waals surface area contributed by atoms with Crippen LogP contribution in [0.15, 0.2) is 24.3 Å². The highest BCUT2D eigenvalue weighted by atomic mass is 35.5. The van der Waals surface area contributed by atoms with E-state index in [2.05, 4.69) is 43.0 Å². The first kappa shape index (κ1) is 26.7. The molecule has 1 aromatic carbocycles. The second kappa shape index (κ2) is 15.5. The van der Waals surface area contributed by atoms with Gasteiger partial charge in [0.2, 0.25) is 0 Å². The number of halogens is 1. The van der Waals surface area contributed by atoms with Crippen molar-refractivity contribution in [2.75, 3.05) is 32.8 Å². The van der Waals surface area contributed by atoms with Crippen LogP contribution in [-0.2, 0) is 16.1 Å². The molecule has 1 aromatic rings. The molecule has 1 unspecified atom stereocenters. The molecule has 2 N–H and O–H groups in total. The maximum Gasteiger partial charge on any atom is 0.306 e. The van der Waals surface area contributed by atoms with E-state index in [0.717, 1.165) is 31.6 Å². The third-order valence-electron chi connectivity index (χ3n) is 5.44. The topological polar surface area (TPSA) is 64.8 Å². The fourth-order valence-electron chi connectivity index (χ4n) is 3.87. The van der Waals surface area contributed by atoms with Crippen molar-refractivity contribution < 1.29 is 14.3 Å². The Balaban J connectivity index is 0.00000450. The summed E-state index contributed by atoms with van der Waals surface area (Å²) in [6, 6.07) is 8.44. The normalized spacial score (nSPS) is 15.5. The van der Waals surface area contributed by atoms with E-state index in [0.29, 0.717) is 32.1 Å². The van der Waals surface area contributed by atoms with Crippen LogP contribution in [0.25, 0.3) is 0 Å². The van der Waals surface area contributed by atoms with Gasteiger partial charge >= 0.3 is 5.97 Å². The minimum atomic E-state index is -0.133. The highest BCUT2D eigenvalue weighted by molar-refractivity contribution is 5.85. The van der Waals surface area contributed by atoms with Crippen LogP contribution >= 0.6 is 12.4 Å². The Labute approximate surface area is 189 Å². The standard InChI is InChI=1S/C24H40N2O3.ClH/c1-20(2)16-22(18-25)17-24(27)29-15-7-6-14-28-23-10-8-21(9-11-23)19-26-12-4-3-5-13-26;/h8-11,20,22H,3-7,12-19,25H2,1-2H3;1H. The minimum Gasteiger partial charge on any atom is -0.494 e. The van der Waals surface area contributed by atoms with Crippen LogP contribution in [0, 0.1) is 11.8 Å². The third kappa shape index (κ3) is 11.2. The molecule has 30 heavy (non-hydrogen) atoms. The van der Waals surface area contributed by atoms with E-state index in [1.807, 2.05) is 0 Å². The summed E-state index contributed by atoms with van der Waals surface area (Å²) in [7, 11) is 0. The lowest BCUT2D eigenvalue weighted by Gasteiger charge is -2.26. The SMILES string of the molecule is CC(C)CC(CN)CC(=O)OCCCCOc1ccc(CN2CCCCC2)cc1.Cl. The van der Waals surface area contributed by atoms with Crippen molar-refractivity contribution in [2.45, 2.75) is 65.3 Å². The summed E-state index contributed by atoms with van der Waals surface area (Å²) >= 11 is 0. The van der Waals surface area contributed by atoms with Gasteiger partial charge in [0.1, 0.15) is 5.75 Å². The Morgan fingerprint density at radius 1 is 1.07 bits per heavy atom. The van der Waals surface area contributed by atoms with Gasteiger partial charge in [0.15, 0.2) is 0 Å². The Morgan fingerprint density at radius 3 is 2.37 bits per heavy atom. The number of ether oxygens (including phenoxy) is 2. The molecular weight excluding hydrogens is 400 g/mol. The zero-order valence-corrected chi connectivity index (χ0v) is 19.6. The number of esters is 1. The number of benzene rings is 1. The molecule has 1 atom stereocenters. The van der Waals surface area contributed by atoms with Gasteiger partial charge in [0.25, 0.3) is 0 Å². The zero-order chi connectivity index (χ0) is 20.9. The average molecular weight is 441 g/mol. The summed E-state index contributed by atoms with van der Waals surface area (Å²) in [6.07, 6.45) is 7.09. The van der Waals surface area contributed by atoms with Crippen molar-refractivity contribution in [1.29, 1.82) is 0 Å². The molecule has 5 nitrogen and oxygen atoms in total. The molecule has 172 valence electrons. The van der Waals surface area contributed by atoms with Gasteiger partial charge < -0.3 is 15.2 Å². The Bertz CT molecular complexity index is 574. The Hall–Kier alpha value is -1.30. The third-order valence-corrected chi connectivity index (χ3v) is 5.44. The molecule has 1 aliphatic rings. The summed E-state index contributed by atoms with van der Waals surface area (Å²) in [6.45, 7) is 9.40. The van der Waals surface area contributed by atoms with Crippen LogP contribution in [0.3, 0.4) is 0 Å². The lowest BCUT2D eigenvalue weighted by molar-refractivity contribution is -0.145. The number of hydrogen-bond acceptors (Lipinski definition) is 5. The number of likely N-dealkylation sites (tertiary alicyclic amines) is 1. The molecule has 2 rings (SSSR count). The van der Waals surface area contributed by atoms with Crippen molar-refractivity contribution in [2.24, 2.45) is 17.6 Å². The van der Waals surface area contributed by atoms with Gasteiger partial charge in [-0.15, -0.1) is 12.4 Å². The van der Waals surface area contributed by atoms with Gasteiger partial charge in [0.05, 0.1) is 13.2 Å². The molecule has 1 saturated heterocycles. The van der Waals surface area contributed by atoms with Crippen molar-refractivity contribution in [3.63, 3.8) is 0 Å². The predicted octanol–water partition coefficient (Wildman–Crippen LogP) is 4.81. The van der Waals surface area contributed by atoms with Crippen molar-refractivity contribution >= 4 is 18.4 Å². The lowest BCUT2D eigenvalue weighted by Crippen LogP contribution is -2.28. The molecule has 0 saturated carbocycles. The van der Waals surface area contributed by atoms with E-state index in [4.69, 9.17) is 15.2 Å². The van der Waals surface area contributed by atoms with Gasteiger partial charge in [-0.05, 0) is 81.3 Å². The number of unbranched alkanes of at least 4 members (excludes halogenated alkanes) is 1. The molecule has 0 aliphatic carbocycles. The fraction of sp³-hybridized carbons (Fsp3) is 0.708. The van der Waals surface area contributed by atoms with E-state index < -0.39 is 0 Å². The number of carbonyl (C=O) groups is 1. The summed E-state index contributed by atoms with van der Waals surface area (Å²) in [5, 5.41) is 0. The second-order valence-corrected chi connectivity index (χ2v) is 8.69. The molecule has 1 aliphatic heterocycles. The summed E-state index contributed by atoms with van der Waals surface area (Å²) in [5.41, 5.74) is 7.10. The van der Waals surface area contributed by atoms with E-state index in [1.54, 1.807) is 0 Å². The van der Waals surface area contributed by atoms with Crippen molar-refractivity contribution in [3.8, 4) is 5.75 Å². The van der Waals surface area contributed by atoms with E-state index in [1.165, 1.54) is 37.9 Å². The Kier molecular flexibility index (Phi) is 13.8. The first-order valence-electron chi connectivity index (χ1n) is 11.4. The molecule has 6 heteroatoms. The van der Waals surface area contributed by atoms with E-state index in [-0.39, 0.29) is 24.3 Å². The van der Waals surface area contributed by atoms with E-state index >= 15 is 0 Å². The van der Waals surface area contributed by atoms with Crippen LogP contribution < -0.4 is 10.5 Å². The van der Waals surface area contributed by atoms with Gasteiger partial charge in [-0.2, -0.15) is 0 Å². The van der Waals surface area contributed by atoms with Crippen LogP contribution in [-0.4, -0.2) is 43.7 Å². The number of rotatable bonds is 13. The second-order valence-electron chi connectivity index (χ2n) is 8.69.